The van der Waals surface area contributed by atoms with Gasteiger partial charge in [0.25, 0.3) is 0 Å². The zero-order valence-electron chi connectivity index (χ0n) is 16.0. The number of hydrogen-bond acceptors (Lipinski definition) is 4. The Hall–Kier alpha value is -2.44. The maximum absolute atomic E-state index is 11.8. The maximum atomic E-state index is 11.8. The second-order valence-corrected chi connectivity index (χ2v) is 5.94. The Morgan fingerprint density at radius 3 is 2.56 bits per heavy atom. The number of carbonyl (C=O) groups is 1. The molecule has 0 aliphatic carbocycles. The van der Waals surface area contributed by atoms with Crippen molar-refractivity contribution in [1.82, 2.24) is 15.5 Å². The molecular formula is C18H30N4O3. The molecule has 0 heterocycles. The number of nitrogens with one attached hydrogen (secondary N) is 2. The first-order valence-corrected chi connectivity index (χ1v) is 8.37. The Labute approximate surface area is 150 Å². The van der Waals surface area contributed by atoms with E-state index in [1.807, 2.05) is 18.2 Å². The largest absolute Gasteiger partial charge is 0.497 e. The molecule has 7 nitrogen and oxygen atoms in total. The topological polar surface area (TPSA) is 75.2 Å². The Morgan fingerprint density at radius 1 is 1.28 bits per heavy atom. The highest BCUT2D eigenvalue weighted by Gasteiger charge is 2.09. The van der Waals surface area contributed by atoms with Crippen molar-refractivity contribution >= 4 is 11.9 Å². The van der Waals surface area contributed by atoms with Gasteiger partial charge in [-0.3, -0.25) is 4.79 Å². The summed E-state index contributed by atoms with van der Waals surface area (Å²) in [7, 11) is 6.69. The Balaban J connectivity index is 2.88. The lowest BCUT2D eigenvalue weighted by Gasteiger charge is -2.18. The molecule has 0 aliphatic rings. The molecule has 1 amide bonds. The van der Waals surface area contributed by atoms with E-state index in [1.165, 1.54) is 0 Å². The summed E-state index contributed by atoms with van der Waals surface area (Å²) in [4.78, 5) is 17.9. The van der Waals surface area contributed by atoms with Crippen LogP contribution < -0.4 is 20.1 Å². The van der Waals surface area contributed by atoms with Gasteiger partial charge in [-0.25, -0.2) is 4.99 Å². The molecule has 2 N–H and O–H groups in total. The van der Waals surface area contributed by atoms with Gasteiger partial charge in [-0.1, -0.05) is 6.92 Å². The van der Waals surface area contributed by atoms with Gasteiger partial charge >= 0.3 is 0 Å². The van der Waals surface area contributed by atoms with Gasteiger partial charge in [0.2, 0.25) is 5.91 Å². The number of carbonyl (C=O) groups excluding carboxylic acids is 1. The van der Waals surface area contributed by atoms with E-state index in [0.717, 1.165) is 23.5 Å². The number of aliphatic imine (C=N–C) groups is 1. The van der Waals surface area contributed by atoms with E-state index in [9.17, 15) is 4.79 Å². The van der Waals surface area contributed by atoms with Crippen molar-refractivity contribution in [2.24, 2.45) is 4.99 Å². The van der Waals surface area contributed by atoms with E-state index in [2.05, 4.69) is 29.5 Å². The van der Waals surface area contributed by atoms with Crippen molar-refractivity contribution in [3.05, 3.63) is 23.8 Å². The van der Waals surface area contributed by atoms with E-state index in [4.69, 9.17) is 9.47 Å². The Bertz CT molecular complexity index is 588. The smallest absolute Gasteiger partial charge is 0.241 e. The van der Waals surface area contributed by atoms with Gasteiger partial charge in [0.05, 0.1) is 27.3 Å². The fourth-order valence-electron chi connectivity index (χ4n) is 1.95. The summed E-state index contributed by atoms with van der Waals surface area (Å²) < 4.78 is 10.6. The first kappa shape index (κ1) is 20.6. The highest BCUT2D eigenvalue weighted by atomic mass is 16.5. The minimum Gasteiger partial charge on any atom is -0.497 e. The summed E-state index contributed by atoms with van der Waals surface area (Å²) in [5.41, 5.74) is 0.937. The van der Waals surface area contributed by atoms with Crippen LogP contribution in [0, 0.1) is 0 Å². The highest BCUT2D eigenvalue weighted by Crippen LogP contribution is 2.25. The maximum Gasteiger partial charge on any atom is 0.241 e. The van der Waals surface area contributed by atoms with Gasteiger partial charge in [-0.15, -0.1) is 0 Å². The molecule has 1 aromatic carbocycles. The van der Waals surface area contributed by atoms with Crippen molar-refractivity contribution in [1.29, 1.82) is 0 Å². The lowest BCUT2D eigenvalue weighted by Crippen LogP contribution is -2.45. The quantitative estimate of drug-likeness (QED) is 0.550. The van der Waals surface area contributed by atoms with Crippen molar-refractivity contribution in [2.45, 2.75) is 32.9 Å². The molecule has 140 valence electrons. The molecule has 1 rings (SSSR count). The molecule has 0 saturated carbocycles. The SMILES string of the molecule is CCC(C)NC(=NCc1ccc(OC)cc1OC)NCC(=O)N(C)C. The van der Waals surface area contributed by atoms with Crippen molar-refractivity contribution < 1.29 is 14.3 Å². The van der Waals surface area contributed by atoms with Crippen molar-refractivity contribution in [3.63, 3.8) is 0 Å². The van der Waals surface area contributed by atoms with E-state index in [1.54, 1.807) is 33.2 Å². The first-order valence-electron chi connectivity index (χ1n) is 8.37. The molecule has 0 spiro atoms. The predicted octanol–water partition coefficient (Wildman–Crippen LogP) is 1.63. The third-order valence-corrected chi connectivity index (χ3v) is 3.80. The van der Waals surface area contributed by atoms with Crippen LogP contribution in [-0.4, -0.2) is 57.7 Å². The highest BCUT2D eigenvalue weighted by molar-refractivity contribution is 5.86. The molecule has 1 unspecified atom stereocenters. The Morgan fingerprint density at radius 2 is 2.00 bits per heavy atom. The Kier molecular flexibility index (Phi) is 8.60. The van der Waals surface area contributed by atoms with Crippen LogP contribution in [0.15, 0.2) is 23.2 Å². The summed E-state index contributed by atoms with van der Waals surface area (Å²) in [6, 6.07) is 5.87. The third-order valence-electron chi connectivity index (χ3n) is 3.80. The van der Waals surface area contributed by atoms with E-state index in [-0.39, 0.29) is 18.5 Å². The van der Waals surface area contributed by atoms with Crippen LogP contribution >= 0.6 is 0 Å². The number of guanidine groups is 1. The van der Waals surface area contributed by atoms with Gasteiger partial charge in [0.1, 0.15) is 11.5 Å². The van der Waals surface area contributed by atoms with Crippen LogP contribution in [0.3, 0.4) is 0 Å². The monoisotopic (exact) mass is 350 g/mol. The molecule has 0 aromatic heterocycles. The molecule has 25 heavy (non-hydrogen) atoms. The van der Waals surface area contributed by atoms with Crippen molar-refractivity contribution in [2.75, 3.05) is 34.9 Å². The minimum atomic E-state index is -0.0133. The zero-order valence-corrected chi connectivity index (χ0v) is 16.0. The van der Waals surface area contributed by atoms with Crippen LogP contribution in [0.2, 0.25) is 0 Å². The van der Waals surface area contributed by atoms with Crippen LogP contribution in [0.5, 0.6) is 11.5 Å². The van der Waals surface area contributed by atoms with Gasteiger partial charge in [-0.2, -0.15) is 0 Å². The number of ether oxygens (including phenoxy) is 2. The number of rotatable bonds is 8. The molecule has 0 bridgehead atoms. The standard InChI is InChI=1S/C18H30N4O3/c1-7-13(2)21-18(20-12-17(23)22(3)4)19-11-14-8-9-15(24-5)10-16(14)25-6/h8-10,13H,7,11-12H2,1-6H3,(H2,19,20,21). The molecular weight excluding hydrogens is 320 g/mol. The summed E-state index contributed by atoms with van der Waals surface area (Å²) in [5, 5.41) is 6.37. The summed E-state index contributed by atoms with van der Waals surface area (Å²) >= 11 is 0. The summed E-state index contributed by atoms with van der Waals surface area (Å²) in [6.45, 7) is 4.77. The normalized spacial score (nSPS) is 12.3. The van der Waals surface area contributed by atoms with Crippen LogP contribution in [-0.2, 0) is 11.3 Å². The lowest BCUT2D eigenvalue weighted by atomic mass is 10.2. The zero-order chi connectivity index (χ0) is 18.8. The molecule has 0 aliphatic heterocycles. The molecule has 0 fully saturated rings. The molecule has 7 heteroatoms. The second kappa shape index (κ2) is 10.4. The average Bonchev–Trinajstić information content (AvgIpc) is 2.62. The van der Waals surface area contributed by atoms with E-state index >= 15 is 0 Å². The third kappa shape index (κ3) is 6.91. The van der Waals surface area contributed by atoms with E-state index < -0.39 is 0 Å². The number of amides is 1. The number of nitrogens with zero attached hydrogens (tertiary/aromatic N) is 2. The van der Waals surface area contributed by atoms with Gasteiger partial charge in [-0.05, 0) is 25.5 Å². The molecule has 1 aromatic rings. The van der Waals surface area contributed by atoms with Crippen molar-refractivity contribution in [3.8, 4) is 11.5 Å². The minimum absolute atomic E-state index is 0.0133. The predicted molar refractivity (Wildman–Crippen MR) is 100 cm³/mol. The van der Waals surface area contributed by atoms with Crippen LogP contribution in [0.25, 0.3) is 0 Å². The fourth-order valence-corrected chi connectivity index (χ4v) is 1.95. The van der Waals surface area contributed by atoms with Gasteiger partial charge < -0.3 is 25.0 Å². The van der Waals surface area contributed by atoms with Gasteiger partial charge in [0, 0.05) is 31.8 Å². The van der Waals surface area contributed by atoms with Gasteiger partial charge in [0.15, 0.2) is 5.96 Å². The first-order chi connectivity index (χ1) is 11.9. The summed E-state index contributed by atoms with van der Waals surface area (Å²) in [5.74, 6) is 2.04. The average molecular weight is 350 g/mol. The lowest BCUT2D eigenvalue weighted by molar-refractivity contribution is -0.127. The number of methoxy groups -OCH3 is 2. The van der Waals surface area contributed by atoms with E-state index in [0.29, 0.717) is 12.5 Å². The second-order valence-electron chi connectivity index (χ2n) is 5.94. The molecule has 0 saturated heterocycles. The molecule has 0 radical (unpaired) electrons. The number of likely N-dealkylation sites (N-methyl/N-ethyl adjacent to an activating group) is 1. The summed E-state index contributed by atoms with van der Waals surface area (Å²) in [6.07, 6.45) is 0.953. The number of benzene rings is 1. The van der Waals surface area contributed by atoms with Crippen LogP contribution in [0.4, 0.5) is 0 Å². The fraction of sp³-hybridized carbons (Fsp3) is 0.556. The number of hydrogen-bond donors (Lipinski definition) is 2. The van der Waals surface area contributed by atoms with Crippen LogP contribution in [0.1, 0.15) is 25.8 Å². The molecule has 1 atom stereocenters.